The van der Waals surface area contributed by atoms with Gasteiger partial charge in [-0.3, -0.25) is 10.00 Å². The number of hydrogen-bond acceptors (Lipinski definition) is 8. The fourth-order valence-corrected chi connectivity index (χ4v) is 4.71. The van der Waals surface area contributed by atoms with Gasteiger partial charge in [-0.25, -0.2) is 9.97 Å². The van der Waals surface area contributed by atoms with E-state index < -0.39 is 0 Å². The molecule has 33 heavy (non-hydrogen) atoms. The number of nitrogens with zero attached hydrogens (tertiary/aromatic N) is 6. The van der Waals surface area contributed by atoms with Crippen LogP contribution < -0.4 is 14.5 Å². The summed E-state index contributed by atoms with van der Waals surface area (Å²) in [7, 11) is 0. The van der Waals surface area contributed by atoms with Crippen molar-refractivity contribution in [2.45, 2.75) is 13.3 Å². The van der Waals surface area contributed by atoms with E-state index in [1.165, 1.54) is 0 Å². The van der Waals surface area contributed by atoms with Crippen LogP contribution in [-0.4, -0.2) is 90.7 Å². The van der Waals surface area contributed by atoms with Crippen LogP contribution in [0.15, 0.2) is 24.5 Å². The van der Waals surface area contributed by atoms with Gasteiger partial charge in [-0.1, -0.05) is 18.5 Å². The van der Waals surface area contributed by atoms with Crippen molar-refractivity contribution in [1.82, 2.24) is 25.1 Å². The summed E-state index contributed by atoms with van der Waals surface area (Å²) in [6.07, 6.45) is 2.47. The van der Waals surface area contributed by atoms with Gasteiger partial charge in [0.15, 0.2) is 5.65 Å². The Morgan fingerprint density at radius 3 is 2.61 bits per heavy atom. The number of aromatic nitrogens is 4. The summed E-state index contributed by atoms with van der Waals surface area (Å²) in [5.41, 5.74) is 2.93. The van der Waals surface area contributed by atoms with Crippen molar-refractivity contribution >= 4 is 34.1 Å². The van der Waals surface area contributed by atoms with Gasteiger partial charge in [0.1, 0.15) is 24.5 Å². The van der Waals surface area contributed by atoms with Gasteiger partial charge in [-0.05, 0) is 24.6 Å². The third-order valence-corrected chi connectivity index (χ3v) is 6.68. The Labute approximate surface area is 198 Å². The van der Waals surface area contributed by atoms with Crippen molar-refractivity contribution in [3.05, 3.63) is 35.2 Å². The molecule has 2 aliphatic heterocycles. The molecule has 0 saturated carbocycles. The Morgan fingerprint density at radius 1 is 1.06 bits per heavy atom. The van der Waals surface area contributed by atoms with Gasteiger partial charge < -0.3 is 19.3 Å². The zero-order chi connectivity index (χ0) is 22.6. The maximum absolute atomic E-state index is 6.56. The molecule has 0 spiro atoms. The lowest BCUT2D eigenvalue weighted by molar-refractivity contribution is 0.0322. The van der Waals surface area contributed by atoms with Crippen LogP contribution in [0.25, 0.3) is 11.0 Å². The monoisotopic (exact) mass is 471 g/mol. The SMILES string of the molecule is CCc1[nH]nc2ncnc(N3CCN(c4ccc(OCCN5CCOCC5)c(Cl)c4)CC3)c12. The number of rotatable bonds is 7. The number of ether oxygens (including phenoxy) is 2. The molecule has 0 aliphatic carbocycles. The molecule has 5 rings (SSSR count). The summed E-state index contributed by atoms with van der Waals surface area (Å²) in [4.78, 5) is 15.9. The highest BCUT2D eigenvalue weighted by atomic mass is 35.5. The van der Waals surface area contributed by atoms with Crippen LogP contribution >= 0.6 is 11.6 Å². The van der Waals surface area contributed by atoms with E-state index in [4.69, 9.17) is 21.1 Å². The van der Waals surface area contributed by atoms with E-state index in [1.54, 1.807) is 6.33 Å². The van der Waals surface area contributed by atoms with Gasteiger partial charge in [0.05, 0.1) is 23.6 Å². The van der Waals surface area contributed by atoms with E-state index in [2.05, 4.69) is 47.9 Å². The minimum atomic E-state index is 0.624. The number of fused-ring (bicyclic) bond motifs is 1. The Morgan fingerprint density at radius 2 is 1.85 bits per heavy atom. The minimum absolute atomic E-state index is 0.624. The van der Waals surface area contributed by atoms with E-state index in [1.807, 2.05) is 12.1 Å². The normalized spacial score (nSPS) is 17.6. The highest BCUT2D eigenvalue weighted by Crippen LogP contribution is 2.31. The second-order valence-corrected chi connectivity index (χ2v) is 8.75. The summed E-state index contributed by atoms with van der Waals surface area (Å²) >= 11 is 6.56. The van der Waals surface area contributed by atoms with Gasteiger partial charge in [0.25, 0.3) is 0 Å². The molecule has 2 fully saturated rings. The third-order valence-electron chi connectivity index (χ3n) is 6.39. The number of aromatic amines is 1. The molecule has 2 aromatic heterocycles. The number of morpholine rings is 1. The first-order valence-corrected chi connectivity index (χ1v) is 12.0. The van der Waals surface area contributed by atoms with Crippen molar-refractivity contribution < 1.29 is 9.47 Å². The van der Waals surface area contributed by atoms with Crippen molar-refractivity contribution in [3.63, 3.8) is 0 Å². The van der Waals surface area contributed by atoms with E-state index in [-0.39, 0.29) is 0 Å². The zero-order valence-electron chi connectivity index (χ0n) is 19.0. The number of anilines is 2. The molecule has 0 atom stereocenters. The lowest BCUT2D eigenvalue weighted by Gasteiger charge is -2.37. The molecular weight excluding hydrogens is 442 g/mol. The summed E-state index contributed by atoms with van der Waals surface area (Å²) in [5, 5.41) is 9.11. The Hall–Kier alpha value is -2.62. The van der Waals surface area contributed by atoms with E-state index in [0.29, 0.717) is 11.6 Å². The van der Waals surface area contributed by atoms with Gasteiger partial charge in [-0.15, -0.1) is 0 Å². The van der Waals surface area contributed by atoms with Crippen LogP contribution in [0.2, 0.25) is 5.02 Å². The number of piperazine rings is 1. The summed E-state index contributed by atoms with van der Waals surface area (Å²) in [5.74, 6) is 1.70. The van der Waals surface area contributed by atoms with Crippen LogP contribution in [-0.2, 0) is 11.2 Å². The summed E-state index contributed by atoms with van der Waals surface area (Å²) in [6.45, 7) is 10.7. The van der Waals surface area contributed by atoms with Crippen molar-refractivity contribution in [1.29, 1.82) is 0 Å². The average molecular weight is 472 g/mol. The Bertz CT molecular complexity index is 1080. The molecule has 0 amide bonds. The topological polar surface area (TPSA) is 82.6 Å². The molecule has 176 valence electrons. The number of aryl methyl sites for hydroxylation is 1. The van der Waals surface area contributed by atoms with Crippen molar-refractivity contribution in [2.24, 2.45) is 0 Å². The van der Waals surface area contributed by atoms with E-state index in [9.17, 15) is 0 Å². The Kier molecular flexibility index (Phi) is 6.80. The summed E-state index contributed by atoms with van der Waals surface area (Å²) < 4.78 is 11.3. The highest BCUT2D eigenvalue weighted by molar-refractivity contribution is 6.32. The molecular formula is C23H30ClN7O2. The van der Waals surface area contributed by atoms with Crippen molar-refractivity contribution in [3.8, 4) is 5.75 Å². The van der Waals surface area contributed by atoms with Gasteiger partial charge >= 0.3 is 0 Å². The molecule has 4 heterocycles. The third kappa shape index (κ3) is 4.85. The first kappa shape index (κ1) is 22.2. The first-order chi connectivity index (χ1) is 16.2. The lowest BCUT2D eigenvalue weighted by Crippen LogP contribution is -2.47. The second-order valence-electron chi connectivity index (χ2n) is 8.34. The highest BCUT2D eigenvalue weighted by Gasteiger charge is 2.23. The molecule has 0 radical (unpaired) electrons. The van der Waals surface area contributed by atoms with Crippen LogP contribution in [0.1, 0.15) is 12.6 Å². The molecule has 0 bridgehead atoms. The molecule has 1 aromatic carbocycles. The zero-order valence-corrected chi connectivity index (χ0v) is 19.7. The van der Waals surface area contributed by atoms with Gasteiger partial charge in [-0.2, -0.15) is 5.10 Å². The van der Waals surface area contributed by atoms with Gasteiger partial charge in [0.2, 0.25) is 0 Å². The maximum Gasteiger partial charge on any atom is 0.186 e. The summed E-state index contributed by atoms with van der Waals surface area (Å²) in [6, 6.07) is 6.09. The van der Waals surface area contributed by atoms with Crippen molar-refractivity contribution in [2.75, 3.05) is 75.4 Å². The number of halogens is 1. The minimum Gasteiger partial charge on any atom is -0.491 e. The molecule has 9 nitrogen and oxygen atoms in total. The fourth-order valence-electron chi connectivity index (χ4n) is 4.48. The largest absolute Gasteiger partial charge is 0.491 e. The average Bonchev–Trinajstić information content (AvgIpc) is 3.29. The predicted octanol–water partition coefficient (Wildman–Crippen LogP) is 2.61. The molecule has 10 heteroatoms. The fraction of sp³-hybridized carbons (Fsp3) is 0.522. The standard InChI is InChI=1S/C23H30ClN7O2/c1-2-19-21-22(28-27-19)25-16-26-23(21)31-7-5-30(6-8-31)17-3-4-20(18(24)15-17)33-14-11-29-9-12-32-13-10-29/h3-4,15-16H,2,5-14H2,1H3,(H,25,26,27,28). The van der Waals surface area contributed by atoms with Gasteiger partial charge in [0, 0.05) is 57.2 Å². The van der Waals surface area contributed by atoms with E-state index >= 15 is 0 Å². The van der Waals surface area contributed by atoms with E-state index in [0.717, 1.165) is 99.4 Å². The van der Waals surface area contributed by atoms with Crippen LogP contribution in [0.4, 0.5) is 11.5 Å². The molecule has 0 unspecified atom stereocenters. The second kappa shape index (κ2) is 10.1. The van der Waals surface area contributed by atoms with Crippen LogP contribution in [0.3, 0.4) is 0 Å². The maximum atomic E-state index is 6.56. The number of benzene rings is 1. The molecule has 2 aliphatic rings. The van der Waals surface area contributed by atoms with Crippen LogP contribution in [0, 0.1) is 0 Å². The lowest BCUT2D eigenvalue weighted by atomic mass is 10.2. The number of H-pyrrole nitrogens is 1. The first-order valence-electron chi connectivity index (χ1n) is 11.6. The number of hydrogen-bond donors (Lipinski definition) is 1. The van der Waals surface area contributed by atoms with Crippen LogP contribution in [0.5, 0.6) is 5.75 Å². The molecule has 2 saturated heterocycles. The predicted molar refractivity (Wildman–Crippen MR) is 130 cm³/mol. The smallest absolute Gasteiger partial charge is 0.186 e. The molecule has 1 N–H and O–H groups in total. The quantitative estimate of drug-likeness (QED) is 0.563. The Balaban J connectivity index is 1.19. The molecule has 3 aromatic rings. The number of nitrogens with one attached hydrogen (secondary N) is 1.